The minimum Gasteiger partial charge on any atom is -0.390 e. The fourth-order valence-corrected chi connectivity index (χ4v) is 5.70. The van der Waals surface area contributed by atoms with Crippen LogP contribution in [-0.2, 0) is 7.05 Å². The first kappa shape index (κ1) is 15.1. The molecule has 7 nitrogen and oxygen atoms in total. The van der Waals surface area contributed by atoms with Gasteiger partial charge in [-0.15, -0.1) is 0 Å². The summed E-state index contributed by atoms with van der Waals surface area (Å²) in [6.07, 6.45) is 9.96. The summed E-state index contributed by atoms with van der Waals surface area (Å²) in [6.45, 7) is 0. The van der Waals surface area contributed by atoms with E-state index in [-0.39, 0.29) is 11.9 Å². The monoisotopic (exact) mass is 341 g/mol. The van der Waals surface area contributed by atoms with Crippen molar-refractivity contribution in [2.24, 2.45) is 24.8 Å². The molecule has 2 aromatic rings. The Morgan fingerprint density at radius 1 is 1.28 bits per heavy atom. The van der Waals surface area contributed by atoms with Crippen molar-refractivity contribution in [1.29, 1.82) is 0 Å². The molecule has 4 aliphatic carbocycles. The van der Waals surface area contributed by atoms with E-state index in [1.165, 1.54) is 0 Å². The minimum absolute atomic E-state index is 0.0944. The molecule has 2 aromatic heterocycles. The van der Waals surface area contributed by atoms with Crippen molar-refractivity contribution in [3.63, 3.8) is 0 Å². The predicted molar refractivity (Wildman–Crippen MR) is 90.1 cm³/mol. The maximum atomic E-state index is 13.0. The normalized spacial score (nSPS) is 35.9. The molecule has 4 saturated carbocycles. The molecule has 0 spiro atoms. The van der Waals surface area contributed by atoms with E-state index in [1.54, 1.807) is 21.8 Å². The number of amides is 1. The Bertz CT molecular complexity index is 796. The van der Waals surface area contributed by atoms with Gasteiger partial charge in [0, 0.05) is 25.5 Å². The van der Waals surface area contributed by atoms with E-state index in [0.29, 0.717) is 29.1 Å². The maximum Gasteiger partial charge on any atom is 0.256 e. The molecule has 7 heteroatoms. The van der Waals surface area contributed by atoms with E-state index in [2.05, 4.69) is 15.5 Å². The summed E-state index contributed by atoms with van der Waals surface area (Å²) in [5, 5.41) is 22.5. The molecule has 4 fully saturated rings. The zero-order valence-corrected chi connectivity index (χ0v) is 14.3. The second-order valence-corrected chi connectivity index (χ2v) is 8.15. The molecule has 0 aliphatic heterocycles. The van der Waals surface area contributed by atoms with Crippen LogP contribution in [0.2, 0.25) is 0 Å². The number of hydrogen-bond donors (Lipinski definition) is 2. The average Bonchev–Trinajstić information content (AvgIpc) is 3.18. The number of rotatable bonds is 3. The van der Waals surface area contributed by atoms with Gasteiger partial charge in [-0.05, 0) is 55.9 Å². The van der Waals surface area contributed by atoms with Gasteiger partial charge in [0.1, 0.15) is 5.56 Å². The molecule has 4 bridgehead atoms. The third kappa shape index (κ3) is 2.33. The molecule has 25 heavy (non-hydrogen) atoms. The summed E-state index contributed by atoms with van der Waals surface area (Å²) in [5.74, 6) is 2.00. The van der Waals surface area contributed by atoms with Gasteiger partial charge in [0.25, 0.3) is 5.91 Å². The SMILES string of the molecule is Cn1ncc(C(=O)N[C@H]2C3CC4CC2C[C@@](O)(C4)C3)c1-n1cccn1. The molecule has 4 aliphatic rings. The van der Waals surface area contributed by atoms with E-state index >= 15 is 0 Å². The largest absolute Gasteiger partial charge is 0.390 e. The number of aryl methyl sites for hydroxylation is 1. The van der Waals surface area contributed by atoms with Gasteiger partial charge < -0.3 is 10.4 Å². The fraction of sp³-hybridized carbons (Fsp3) is 0.611. The van der Waals surface area contributed by atoms with E-state index in [0.717, 1.165) is 32.1 Å². The van der Waals surface area contributed by atoms with Gasteiger partial charge in [-0.25, -0.2) is 4.68 Å². The number of hydrogen-bond acceptors (Lipinski definition) is 4. The van der Waals surface area contributed by atoms with Gasteiger partial charge in [0.15, 0.2) is 5.82 Å². The Morgan fingerprint density at radius 3 is 2.68 bits per heavy atom. The van der Waals surface area contributed by atoms with Gasteiger partial charge in [0.05, 0.1) is 11.8 Å². The molecule has 132 valence electrons. The van der Waals surface area contributed by atoms with Crippen molar-refractivity contribution >= 4 is 5.91 Å². The van der Waals surface area contributed by atoms with Crippen molar-refractivity contribution < 1.29 is 9.90 Å². The lowest BCUT2D eigenvalue weighted by Crippen LogP contribution is -2.61. The Balaban J connectivity index is 1.40. The second-order valence-electron chi connectivity index (χ2n) is 8.15. The Hall–Kier alpha value is -2.15. The first-order valence-electron chi connectivity index (χ1n) is 9.08. The molecule has 2 N–H and O–H groups in total. The van der Waals surface area contributed by atoms with Crippen molar-refractivity contribution in [3.8, 4) is 5.82 Å². The van der Waals surface area contributed by atoms with Crippen molar-refractivity contribution in [1.82, 2.24) is 24.9 Å². The summed E-state index contributed by atoms with van der Waals surface area (Å²) >= 11 is 0. The van der Waals surface area contributed by atoms with Gasteiger partial charge in [-0.1, -0.05) is 0 Å². The Kier molecular flexibility index (Phi) is 3.13. The van der Waals surface area contributed by atoms with Crippen LogP contribution in [0.15, 0.2) is 24.7 Å². The summed E-state index contributed by atoms with van der Waals surface area (Å²) in [5.41, 5.74) is 0.0606. The minimum atomic E-state index is -0.480. The lowest BCUT2D eigenvalue weighted by molar-refractivity contribution is -0.136. The number of nitrogens with one attached hydrogen (secondary N) is 1. The topological polar surface area (TPSA) is 85.0 Å². The van der Waals surface area contributed by atoms with Crippen LogP contribution in [0, 0.1) is 17.8 Å². The summed E-state index contributed by atoms with van der Waals surface area (Å²) in [7, 11) is 1.81. The first-order chi connectivity index (χ1) is 12.0. The molecular weight excluding hydrogens is 318 g/mol. The molecule has 1 amide bonds. The lowest BCUT2D eigenvalue weighted by Gasteiger charge is -2.58. The highest BCUT2D eigenvalue weighted by Gasteiger charge is 2.55. The highest BCUT2D eigenvalue weighted by Crippen LogP contribution is 2.55. The van der Waals surface area contributed by atoms with Crippen LogP contribution >= 0.6 is 0 Å². The van der Waals surface area contributed by atoms with E-state index < -0.39 is 5.60 Å². The van der Waals surface area contributed by atoms with Crippen LogP contribution in [-0.4, -0.2) is 42.2 Å². The zero-order chi connectivity index (χ0) is 17.2. The molecular formula is C18H23N5O2. The van der Waals surface area contributed by atoms with Gasteiger partial charge in [0.2, 0.25) is 0 Å². The fourth-order valence-electron chi connectivity index (χ4n) is 5.70. The van der Waals surface area contributed by atoms with E-state index in [4.69, 9.17) is 0 Å². The van der Waals surface area contributed by atoms with Gasteiger partial charge >= 0.3 is 0 Å². The number of carbonyl (C=O) groups is 1. The van der Waals surface area contributed by atoms with Crippen molar-refractivity contribution in [2.45, 2.75) is 43.7 Å². The van der Waals surface area contributed by atoms with Crippen LogP contribution in [0.25, 0.3) is 5.82 Å². The van der Waals surface area contributed by atoms with Gasteiger partial charge in [-0.2, -0.15) is 10.2 Å². The highest BCUT2D eigenvalue weighted by atomic mass is 16.3. The molecule has 0 radical (unpaired) electrons. The molecule has 2 atom stereocenters. The molecule has 6 rings (SSSR count). The van der Waals surface area contributed by atoms with Gasteiger partial charge in [-0.3, -0.25) is 9.48 Å². The summed E-state index contributed by atoms with van der Waals surface area (Å²) in [4.78, 5) is 13.0. The Labute approximate surface area is 146 Å². The quantitative estimate of drug-likeness (QED) is 0.881. The van der Waals surface area contributed by atoms with E-state index in [1.807, 2.05) is 19.3 Å². The van der Waals surface area contributed by atoms with Crippen LogP contribution in [0.1, 0.15) is 42.5 Å². The highest BCUT2D eigenvalue weighted by molar-refractivity contribution is 5.97. The van der Waals surface area contributed by atoms with Crippen LogP contribution in [0.5, 0.6) is 0 Å². The van der Waals surface area contributed by atoms with Crippen LogP contribution in [0.3, 0.4) is 0 Å². The number of carbonyl (C=O) groups excluding carboxylic acids is 1. The molecule has 0 saturated heterocycles. The number of aromatic nitrogens is 4. The number of aliphatic hydroxyl groups is 1. The molecule has 0 aromatic carbocycles. The first-order valence-corrected chi connectivity index (χ1v) is 9.08. The molecule has 2 heterocycles. The lowest BCUT2D eigenvalue weighted by atomic mass is 9.52. The van der Waals surface area contributed by atoms with Crippen molar-refractivity contribution in [3.05, 3.63) is 30.2 Å². The third-order valence-electron chi connectivity index (χ3n) is 6.41. The molecule has 2 unspecified atom stereocenters. The second kappa shape index (κ2) is 5.17. The maximum absolute atomic E-state index is 13.0. The average molecular weight is 341 g/mol. The predicted octanol–water partition coefficient (Wildman–Crippen LogP) is 1.28. The van der Waals surface area contributed by atoms with Crippen molar-refractivity contribution in [2.75, 3.05) is 0 Å². The zero-order valence-electron chi connectivity index (χ0n) is 14.3. The Morgan fingerprint density at radius 2 is 2.04 bits per heavy atom. The van der Waals surface area contributed by atoms with Crippen LogP contribution < -0.4 is 5.32 Å². The number of nitrogens with zero attached hydrogens (tertiary/aromatic N) is 4. The summed E-state index contributed by atoms with van der Waals surface area (Å²) < 4.78 is 3.34. The standard InChI is InChI=1S/C18H23N5O2/c1-22-17(23-4-2-3-19-23)14(10-20-22)16(24)21-15-12-5-11-6-13(15)9-18(25,7-11)8-12/h2-4,10-13,15,25H,5-9H2,1H3,(H,21,24)/t11?,12?,13?,15-,18+. The van der Waals surface area contributed by atoms with Crippen LogP contribution in [0.4, 0.5) is 0 Å². The van der Waals surface area contributed by atoms with E-state index in [9.17, 15) is 9.90 Å². The smallest absolute Gasteiger partial charge is 0.256 e. The third-order valence-corrected chi connectivity index (χ3v) is 6.41. The summed E-state index contributed by atoms with van der Waals surface area (Å²) in [6, 6.07) is 1.99.